The number of hydrogen-bond acceptors (Lipinski definition) is 10. The first-order valence-corrected chi connectivity index (χ1v) is 16.4. The quantitative estimate of drug-likeness (QED) is 0.143. The van der Waals surface area contributed by atoms with E-state index in [-0.39, 0.29) is 11.9 Å². The monoisotopic (exact) mass is 661 g/mol. The van der Waals surface area contributed by atoms with Gasteiger partial charge in [0.05, 0.1) is 6.61 Å². The maximum atomic E-state index is 14.3. The lowest BCUT2D eigenvalue weighted by Gasteiger charge is -2.27. The van der Waals surface area contributed by atoms with E-state index in [4.69, 9.17) is 30.1 Å². The Morgan fingerprint density at radius 2 is 1.93 bits per heavy atom. The van der Waals surface area contributed by atoms with Gasteiger partial charge in [0.2, 0.25) is 5.60 Å². The summed E-state index contributed by atoms with van der Waals surface area (Å²) in [6, 6.07) is 12.2. The Labute approximate surface area is 263 Å². The van der Waals surface area contributed by atoms with Crippen molar-refractivity contribution >= 4 is 36.1 Å². The second-order valence-electron chi connectivity index (χ2n) is 10.9. The molecule has 240 valence electrons. The lowest BCUT2D eigenvalue weighted by Crippen LogP contribution is -2.48. The highest BCUT2D eigenvalue weighted by Gasteiger charge is 2.56. The zero-order chi connectivity index (χ0) is 32.2. The molecule has 15 heteroatoms. The van der Waals surface area contributed by atoms with Gasteiger partial charge in [-0.05, 0) is 61.6 Å². The molecule has 2 aliphatic rings. The molecule has 1 aliphatic carbocycles. The van der Waals surface area contributed by atoms with E-state index in [1.807, 2.05) is 28.6 Å². The van der Waals surface area contributed by atoms with Gasteiger partial charge in [0.25, 0.3) is 5.56 Å². The maximum Gasteiger partial charge on any atom is 0.459 e. The minimum atomic E-state index is -4.45. The summed E-state index contributed by atoms with van der Waals surface area (Å²) in [5.41, 5.74) is -4.09. The fourth-order valence-electron chi connectivity index (χ4n) is 5.41. The Morgan fingerprint density at radius 3 is 2.67 bits per heavy atom. The van der Waals surface area contributed by atoms with Crippen LogP contribution in [0.2, 0.25) is 0 Å². The summed E-state index contributed by atoms with van der Waals surface area (Å²) in [5, 5.41) is 28.4. The van der Waals surface area contributed by atoms with Crippen molar-refractivity contribution in [2.75, 3.05) is 6.61 Å². The van der Waals surface area contributed by atoms with Gasteiger partial charge in [-0.25, -0.2) is 9.36 Å². The molecule has 13 nitrogen and oxygen atoms in total. The van der Waals surface area contributed by atoms with Gasteiger partial charge in [0.1, 0.15) is 30.1 Å². The SMILES string of the molecule is C[C@H](NP(=O)(OC[C@H]1O[C@@H](n2ccc(=O)[nH]c2=O)[C@@](O)(C#CCl)C1O)Oc1cccc2ccccc12)C(=O)OC1CCCCC1. The van der Waals surface area contributed by atoms with Crippen LogP contribution in [0.25, 0.3) is 10.8 Å². The van der Waals surface area contributed by atoms with E-state index >= 15 is 0 Å². The first kappa shape index (κ1) is 32.9. The number of benzene rings is 2. The van der Waals surface area contributed by atoms with Crippen LogP contribution in [0, 0.1) is 11.3 Å². The van der Waals surface area contributed by atoms with Crippen LogP contribution in [-0.2, 0) is 23.4 Å². The Bertz CT molecular complexity index is 1760. The van der Waals surface area contributed by atoms with E-state index in [1.165, 1.54) is 6.92 Å². The molecule has 3 aromatic rings. The summed E-state index contributed by atoms with van der Waals surface area (Å²) in [6.45, 7) is 0.795. The number of carbonyl (C=O) groups excluding carboxylic acids is 1. The zero-order valence-corrected chi connectivity index (χ0v) is 25.9. The van der Waals surface area contributed by atoms with E-state index in [2.05, 4.69) is 11.0 Å². The van der Waals surface area contributed by atoms with Gasteiger partial charge < -0.3 is 24.2 Å². The third-order valence-corrected chi connectivity index (χ3v) is 9.48. The molecule has 2 aromatic carbocycles. The molecule has 2 fully saturated rings. The molecule has 0 amide bonds. The van der Waals surface area contributed by atoms with Gasteiger partial charge in [-0.2, -0.15) is 5.09 Å². The third kappa shape index (κ3) is 7.34. The summed E-state index contributed by atoms with van der Waals surface area (Å²) in [6.07, 6.45) is 0.329. The van der Waals surface area contributed by atoms with E-state index < -0.39 is 61.7 Å². The van der Waals surface area contributed by atoms with Gasteiger partial charge in [-0.1, -0.05) is 42.8 Å². The maximum absolute atomic E-state index is 14.3. The van der Waals surface area contributed by atoms with Crippen LogP contribution in [0.3, 0.4) is 0 Å². The number of H-pyrrole nitrogens is 1. The predicted molar refractivity (Wildman–Crippen MR) is 164 cm³/mol. The minimum absolute atomic E-state index is 0.187. The van der Waals surface area contributed by atoms with Crippen molar-refractivity contribution in [3.8, 4) is 17.0 Å². The van der Waals surface area contributed by atoms with Crippen LogP contribution in [0.1, 0.15) is 45.3 Å². The highest BCUT2D eigenvalue weighted by atomic mass is 35.5. The molecular weight excluding hydrogens is 629 g/mol. The fraction of sp³-hybridized carbons (Fsp3) is 0.433. The number of aromatic amines is 1. The molecule has 45 heavy (non-hydrogen) atoms. The van der Waals surface area contributed by atoms with E-state index in [9.17, 15) is 29.2 Å². The van der Waals surface area contributed by atoms with E-state index in [0.29, 0.717) is 5.39 Å². The smallest absolute Gasteiger partial charge is 0.459 e. The van der Waals surface area contributed by atoms with Crippen molar-refractivity contribution in [1.29, 1.82) is 0 Å². The summed E-state index contributed by atoms with van der Waals surface area (Å²) >= 11 is 5.56. The first-order chi connectivity index (χ1) is 21.5. The first-order valence-electron chi connectivity index (χ1n) is 14.4. The average molecular weight is 662 g/mol. The van der Waals surface area contributed by atoms with Crippen LogP contribution in [0.4, 0.5) is 0 Å². The number of ether oxygens (including phenoxy) is 2. The largest absolute Gasteiger partial charge is 0.461 e. The molecule has 0 bridgehead atoms. The van der Waals surface area contributed by atoms with Gasteiger partial charge >= 0.3 is 19.4 Å². The molecule has 1 aliphatic heterocycles. The number of nitrogens with one attached hydrogen (secondary N) is 2. The Balaban J connectivity index is 1.40. The number of aliphatic hydroxyl groups is 2. The number of rotatable bonds is 10. The molecule has 2 unspecified atom stereocenters. The molecule has 6 atom stereocenters. The number of nitrogens with zero attached hydrogens (tertiary/aromatic N) is 1. The van der Waals surface area contributed by atoms with Gasteiger partial charge in [0, 0.05) is 23.0 Å². The second kappa shape index (κ2) is 13.9. The van der Waals surface area contributed by atoms with Crippen LogP contribution in [-0.4, -0.2) is 62.3 Å². The van der Waals surface area contributed by atoms with Crippen LogP contribution >= 0.6 is 19.3 Å². The molecule has 0 spiro atoms. The minimum Gasteiger partial charge on any atom is -0.461 e. The van der Waals surface area contributed by atoms with Crippen molar-refractivity contribution in [2.45, 2.75) is 75.2 Å². The Hall–Kier alpha value is -3.47. The van der Waals surface area contributed by atoms with E-state index in [0.717, 1.165) is 54.3 Å². The summed E-state index contributed by atoms with van der Waals surface area (Å²) in [5.74, 6) is 1.79. The normalized spacial score (nSPS) is 25.6. The lowest BCUT2D eigenvalue weighted by molar-refractivity contribution is -0.152. The van der Waals surface area contributed by atoms with Crippen molar-refractivity contribution in [3.63, 3.8) is 0 Å². The predicted octanol–water partition coefficient (Wildman–Crippen LogP) is 2.94. The number of carbonyl (C=O) groups is 1. The van der Waals surface area contributed by atoms with Crippen LogP contribution in [0.15, 0.2) is 64.3 Å². The lowest BCUT2D eigenvalue weighted by atomic mass is 9.95. The van der Waals surface area contributed by atoms with Crippen LogP contribution in [0.5, 0.6) is 5.75 Å². The van der Waals surface area contributed by atoms with Crippen molar-refractivity contribution < 1.29 is 38.1 Å². The number of halogens is 1. The second-order valence-corrected chi connectivity index (χ2v) is 12.8. The number of aliphatic hydroxyl groups excluding tert-OH is 1. The Kier molecular flexibility index (Phi) is 10.2. The van der Waals surface area contributed by atoms with Gasteiger partial charge in [0.15, 0.2) is 6.23 Å². The zero-order valence-electron chi connectivity index (χ0n) is 24.3. The van der Waals surface area contributed by atoms with Crippen molar-refractivity contribution in [2.24, 2.45) is 0 Å². The highest BCUT2D eigenvalue weighted by molar-refractivity contribution is 7.52. The van der Waals surface area contributed by atoms with Crippen LogP contribution < -0.4 is 20.9 Å². The van der Waals surface area contributed by atoms with E-state index in [1.54, 1.807) is 24.3 Å². The summed E-state index contributed by atoms with van der Waals surface area (Å²) < 4.78 is 38.2. The third-order valence-electron chi connectivity index (χ3n) is 7.75. The molecule has 4 N–H and O–H groups in total. The molecule has 5 rings (SSSR count). The number of fused-ring (bicyclic) bond motifs is 1. The Morgan fingerprint density at radius 1 is 1.20 bits per heavy atom. The molecular formula is C30H33ClN3O10P. The van der Waals surface area contributed by atoms with Crippen molar-refractivity contribution in [3.05, 3.63) is 75.6 Å². The summed E-state index contributed by atoms with van der Waals surface area (Å²) in [7, 11) is -4.45. The molecule has 1 saturated heterocycles. The van der Waals surface area contributed by atoms with Gasteiger partial charge in [-0.3, -0.25) is 23.7 Å². The average Bonchev–Trinajstić information content (AvgIpc) is 3.26. The molecule has 2 heterocycles. The topological polar surface area (TPSA) is 178 Å². The highest BCUT2D eigenvalue weighted by Crippen LogP contribution is 2.48. The fourth-order valence-corrected chi connectivity index (χ4v) is 7.08. The number of hydrogen-bond donors (Lipinski definition) is 4. The van der Waals surface area contributed by atoms with Gasteiger partial charge in [-0.15, -0.1) is 0 Å². The number of aromatic nitrogens is 2. The molecule has 1 saturated carbocycles. The molecule has 1 aromatic heterocycles. The molecule has 0 radical (unpaired) electrons. The van der Waals surface area contributed by atoms with Crippen molar-refractivity contribution in [1.82, 2.24) is 14.6 Å². The standard InChI is InChI=1S/C30H33ClN3O10P/c1-19(27(37)42-21-10-3-2-4-11-21)33-45(40,44-23-13-7-9-20-8-5-6-12-22(20)23)41-18-24-26(36)30(39,15-16-31)28(43-24)34-17-14-25(35)32-29(34)38/h5-9,12-14,17,19,21,24,26,28,36,39H,2-4,10-11,18H2,1H3,(H,33,40)(H,32,35,38)/t19-,24+,26?,28+,30+,45?/m0/s1. The number of esters is 1. The summed E-state index contributed by atoms with van der Waals surface area (Å²) in [4.78, 5) is 39.1.